The molecule has 0 saturated heterocycles. The molecule has 0 saturated carbocycles. The number of nitrogens with one attached hydrogen (secondary N) is 1. The Morgan fingerprint density at radius 1 is 1.06 bits per heavy atom. The Labute approximate surface area is 198 Å². The number of nitrogens with two attached hydrogens (primary N) is 1. The van der Waals surface area contributed by atoms with Crippen LogP contribution in [0.4, 0.5) is 0 Å². The molecular weight excluding hydrogens is 440 g/mol. The Morgan fingerprint density at radius 2 is 1.73 bits per heavy atom. The molecule has 0 aromatic heterocycles. The summed E-state index contributed by atoms with van der Waals surface area (Å²) in [7, 11) is 0. The third-order valence-electron chi connectivity index (χ3n) is 5.32. The molecule has 8 heteroatoms. The summed E-state index contributed by atoms with van der Waals surface area (Å²) in [6.07, 6.45) is -1.51. The van der Waals surface area contributed by atoms with E-state index >= 15 is 0 Å². The van der Waals surface area contributed by atoms with Gasteiger partial charge in [0.25, 0.3) is 5.91 Å². The number of aliphatic hydroxyl groups is 1. The van der Waals surface area contributed by atoms with E-state index in [1.54, 1.807) is 19.1 Å². The molecule has 7 nitrogen and oxygen atoms in total. The van der Waals surface area contributed by atoms with Gasteiger partial charge in [-0.25, -0.2) is 0 Å². The lowest BCUT2D eigenvalue weighted by Crippen LogP contribution is -2.50. The van der Waals surface area contributed by atoms with E-state index in [-0.39, 0.29) is 29.4 Å². The van der Waals surface area contributed by atoms with Crippen molar-refractivity contribution < 1.29 is 24.6 Å². The number of aromatic hydroxyl groups is 1. The second-order valence-corrected chi connectivity index (χ2v) is 9.93. The first-order chi connectivity index (χ1) is 15.6. The lowest BCUT2D eigenvalue weighted by molar-refractivity contribution is -0.134. The SMILES string of the molecule is Cc1c(O)cccc1C(=O)NC(Cc1ccccc1)[C@H](O)C(=O)C(CSC(C)C)CC(N)=O. The molecule has 2 aromatic rings. The minimum absolute atomic E-state index is 0.0221. The zero-order chi connectivity index (χ0) is 24.5. The van der Waals surface area contributed by atoms with E-state index in [9.17, 15) is 24.6 Å². The maximum absolute atomic E-state index is 13.2. The van der Waals surface area contributed by atoms with Gasteiger partial charge in [0.05, 0.1) is 6.04 Å². The lowest BCUT2D eigenvalue weighted by Gasteiger charge is -2.27. The number of aliphatic hydroxyl groups excluding tert-OH is 1. The van der Waals surface area contributed by atoms with Crippen molar-refractivity contribution in [3.05, 3.63) is 65.2 Å². The van der Waals surface area contributed by atoms with Gasteiger partial charge in [0.1, 0.15) is 11.9 Å². The number of phenols is 1. The second-order valence-electron chi connectivity index (χ2n) is 8.32. The maximum Gasteiger partial charge on any atom is 0.252 e. The van der Waals surface area contributed by atoms with Crippen LogP contribution in [0.2, 0.25) is 0 Å². The van der Waals surface area contributed by atoms with E-state index < -0.39 is 35.7 Å². The van der Waals surface area contributed by atoms with Crippen LogP contribution in [-0.2, 0) is 16.0 Å². The van der Waals surface area contributed by atoms with E-state index in [2.05, 4.69) is 5.32 Å². The minimum atomic E-state index is -1.54. The van der Waals surface area contributed by atoms with Gasteiger partial charge in [0.15, 0.2) is 5.78 Å². The lowest BCUT2D eigenvalue weighted by atomic mass is 9.90. The third-order valence-corrected chi connectivity index (χ3v) is 6.58. The molecule has 2 unspecified atom stereocenters. The number of amides is 2. The summed E-state index contributed by atoms with van der Waals surface area (Å²) in [4.78, 5) is 37.7. The van der Waals surface area contributed by atoms with Crippen LogP contribution in [0, 0.1) is 12.8 Å². The Morgan fingerprint density at radius 3 is 2.33 bits per heavy atom. The number of primary amides is 1. The van der Waals surface area contributed by atoms with Gasteiger partial charge in [-0.3, -0.25) is 14.4 Å². The van der Waals surface area contributed by atoms with Crippen LogP contribution in [0.15, 0.2) is 48.5 Å². The number of benzene rings is 2. The normalized spacial score (nSPS) is 13.8. The first-order valence-electron chi connectivity index (χ1n) is 10.8. The number of thioether (sulfide) groups is 1. The molecule has 5 N–H and O–H groups in total. The highest BCUT2D eigenvalue weighted by Crippen LogP contribution is 2.22. The predicted octanol–water partition coefficient (Wildman–Crippen LogP) is 2.60. The molecule has 178 valence electrons. The molecular formula is C25H32N2O5S. The van der Waals surface area contributed by atoms with E-state index in [1.165, 1.54) is 17.8 Å². The summed E-state index contributed by atoms with van der Waals surface area (Å²) in [5, 5.41) is 24.0. The number of carbonyl (C=O) groups is 3. The van der Waals surface area contributed by atoms with Gasteiger partial charge < -0.3 is 21.3 Å². The molecule has 0 spiro atoms. The number of phenolic OH excluding ortho intramolecular Hbond substituents is 1. The van der Waals surface area contributed by atoms with Crippen molar-refractivity contribution in [1.29, 1.82) is 0 Å². The molecule has 33 heavy (non-hydrogen) atoms. The molecule has 0 heterocycles. The molecule has 2 rings (SSSR count). The number of rotatable bonds is 12. The first-order valence-corrected chi connectivity index (χ1v) is 11.9. The fourth-order valence-electron chi connectivity index (χ4n) is 3.46. The Kier molecular flexibility index (Phi) is 9.94. The smallest absolute Gasteiger partial charge is 0.252 e. The zero-order valence-electron chi connectivity index (χ0n) is 19.2. The van der Waals surface area contributed by atoms with Crippen molar-refractivity contribution in [3.8, 4) is 5.75 Å². The van der Waals surface area contributed by atoms with Gasteiger partial charge in [0, 0.05) is 29.2 Å². The maximum atomic E-state index is 13.2. The fourth-order valence-corrected chi connectivity index (χ4v) is 4.36. The minimum Gasteiger partial charge on any atom is -0.508 e. The highest BCUT2D eigenvalue weighted by molar-refractivity contribution is 7.99. The van der Waals surface area contributed by atoms with Crippen LogP contribution in [0.25, 0.3) is 0 Å². The van der Waals surface area contributed by atoms with Gasteiger partial charge in [0.2, 0.25) is 5.91 Å². The van der Waals surface area contributed by atoms with Crippen LogP contribution in [0.3, 0.4) is 0 Å². The third kappa shape index (κ3) is 7.91. The van der Waals surface area contributed by atoms with Gasteiger partial charge >= 0.3 is 0 Å². The first kappa shape index (κ1) is 26.4. The number of Topliss-reactive ketones (excluding diaryl/α,β-unsaturated/α-hetero) is 1. The van der Waals surface area contributed by atoms with E-state index in [1.807, 2.05) is 44.2 Å². The molecule has 0 aliphatic carbocycles. The Bertz CT molecular complexity index is 965. The highest BCUT2D eigenvalue weighted by Gasteiger charge is 2.34. The molecule has 0 radical (unpaired) electrons. The average Bonchev–Trinajstić information content (AvgIpc) is 2.77. The molecule has 3 atom stereocenters. The van der Waals surface area contributed by atoms with Gasteiger partial charge in [-0.05, 0) is 36.3 Å². The second kappa shape index (κ2) is 12.4. The van der Waals surface area contributed by atoms with Gasteiger partial charge in [-0.15, -0.1) is 0 Å². The van der Waals surface area contributed by atoms with Crippen LogP contribution in [0.1, 0.15) is 41.8 Å². The Hall–Kier alpha value is -2.84. The molecule has 0 aliphatic heterocycles. The quantitative estimate of drug-likeness (QED) is 0.376. The van der Waals surface area contributed by atoms with Gasteiger partial charge in [-0.1, -0.05) is 50.2 Å². The summed E-state index contributed by atoms with van der Waals surface area (Å²) in [6.45, 7) is 5.57. The summed E-state index contributed by atoms with van der Waals surface area (Å²) in [5.74, 6) is -2.11. The van der Waals surface area contributed by atoms with E-state index in [0.29, 0.717) is 11.3 Å². The highest BCUT2D eigenvalue weighted by atomic mass is 32.2. The number of ketones is 1. The molecule has 0 bridgehead atoms. The molecule has 2 amide bonds. The predicted molar refractivity (Wildman–Crippen MR) is 130 cm³/mol. The monoisotopic (exact) mass is 472 g/mol. The number of hydrogen-bond acceptors (Lipinski definition) is 6. The van der Waals surface area contributed by atoms with E-state index in [0.717, 1.165) is 5.56 Å². The number of carbonyl (C=O) groups excluding carboxylic acids is 3. The van der Waals surface area contributed by atoms with Gasteiger partial charge in [-0.2, -0.15) is 11.8 Å². The zero-order valence-corrected chi connectivity index (χ0v) is 20.0. The standard InChI is InChI=1S/C25H32N2O5S/c1-15(2)33-14-18(13-22(26)29)23(30)24(31)20(12-17-8-5-4-6-9-17)27-25(32)19-10-7-11-21(28)16(19)3/h4-11,15,18,20,24,28,31H,12-14H2,1-3H3,(H2,26,29)(H,27,32)/t18?,20?,24-/m0/s1. The van der Waals surface area contributed by atoms with Crippen LogP contribution < -0.4 is 11.1 Å². The van der Waals surface area contributed by atoms with Crippen molar-refractivity contribution >= 4 is 29.4 Å². The molecule has 0 fully saturated rings. The molecule has 0 aliphatic rings. The van der Waals surface area contributed by atoms with Crippen LogP contribution in [0.5, 0.6) is 5.75 Å². The Balaban J connectivity index is 2.30. The largest absolute Gasteiger partial charge is 0.508 e. The summed E-state index contributed by atoms with van der Waals surface area (Å²) in [5.41, 5.74) is 6.82. The van der Waals surface area contributed by atoms with Crippen LogP contribution >= 0.6 is 11.8 Å². The summed E-state index contributed by atoms with van der Waals surface area (Å²) >= 11 is 1.50. The van der Waals surface area contributed by atoms with Crippen molar-refractivity contribution in [3.63, 3.8) is 0 Å². The fraction of sp³-hybridized carbons (Fsp3) is 0.400. The molecule has 2 aromatic carbocycles. The van der Waals surface area contributed by atoms with Crippen molar-refractivity contribution in [2.75, 3.05) is 5.75 Å². The van der Waals surface area contributed by atoms with Crippen molar-refractivity contribution in [2.45, 2.75) is 51.0 Å². The van der Waals surface area contributed by atoms with E-state index in [4.69, 9.17) is 5.73 Å². The summed E-state index contributed by atoms with van der Waals surface area (Å²) < 4.78 is 0. The topological polar surface area (TPSA) is 130 Å². The van der Waals surface area contributed by atoms with Crippen LogP contribution in [-0.4, -0.2) is 51.0 Å². The number of hydrogen-bond donors (Lipinski definition) is 4. The van der Waals surface area contributed by atoms with Crippen molar-refractivity contribution in [2.24, 2.45) is 11.7 Å². The van der Waals surface area contributed by atoms with Crippen molar-refractivity contribution in [1.82, 2.24) is 5.32 Å². The summed E-state index contributed by atoms with van der Waals surface area (Å²) in [6, 6.07) is 12.8. The average molecular weight is 473 g/mol.